The van der Waals surface area contributed by atoms with Gasteiger partial charge in [0.15, 0.2) is 0 Å². The summed E-state index contributed by atoms with van der Waals surface area (Å²) in [6.45, 7) is 14.2. The van der Waals surface area contributed by atoms with Crippen LogP contribution in [0, 0.1) is 11.3 Å². The van der Waals surface area contributed by atoms with Gasteiger partial charge >= 0.3 is 0 Å². The molecule has 0 spiro atoms. The van der Waals surface area contributed by atoms with Crippen LogP contribution in [0.5, 0.6) is 0 Å². The second-order valence-corrected chi connectivity index (χ2v) is 7.15. The van der Waals surface area contributed by atoms with E-state index in [2.05, 4.69) is 60.5 Å². The molecule has 0 aromatic rings. The standard InChI is InChI=1S/C15H33N/c1-9-10-13(2)11-14(3,4)12-15(5,6)16(7)8/h13H,9-12H2,1-8H3. The van der Waals surface area contributed by atoms with Crippen LogP contribution in [-0.2, 0) is 0 Å². The average molecular weight is 227 g/mol. The fourth-order valence-electron chi connectivity index (χ4n) is 2.94. The fourth-order valence-corrected chi connectivity index (χ4v) is 2.94. The summed E-state index contributed by atoms with van der Waals surface area (Å²) >= 11 is 0. The fraction of sp³-hybridized carbons (Fsp3) is 1.00. The number of rotatable bonds is 7. The second-order valence-electron chi connectivity index (χ2n) is 7.15. The Bertz CT molecular complexity index is 192. The maximum Gasteiger partial charge on any atom is 0.0152 e. The van der Waals surface area contributed by atoms with Crippen LogP contribution in [0.3, 0.4) is 0 Å². The molecule has 0 saturated carbocycles. The molecule has 98 valence electrons. The van der Waals surface area contributed by atoms with Gasteiger partial charge in [-0.1, -0.05) is 40.5 Å². The molecule has 1 heteroatoms. The van der Waals surface area contributed by atoms with Crippen LogP contribution in [-0.4, -0.2) is 24.5 Å². The van der Waals surface area contributed by atoms with Gasteiger partial charge in [0.2, 0.25) is 0 Å². The van der Waals surface area contributed by atoms with E-state index in [9.17, 15) is 0 Å². The topological polar surface area (TPSA) is 3.24 Å². The van der Waals surface area contributed by atoms with Crippen molar-refractivity contribution in [3.05, 3.63) is 0 Å². The van der Waals surface area contributed by atoms with Crippen LogP contribution in [0.4, 0.5) is 0 Å². The first kappa shape index (κ1) is 16.0. The van der Waals surface area contributed by atoms with Gasteiger partial charge in [0, 0.05) is 5.54 Å². The van der Waals surface area contributed by atoms with Gasteiger partial charge in [-0.05, 0) is 52.1 Å². The predicted octanol–water partition coefficient (Wildman–Crippen LogP) is 4.57. The molecule has 1 unspecified atom stereocenters. The summed E-state index contributed by atoms with van der Waals surface area (Å²) < 4.78 is 0. The molecule has 1 atom stereocenters. The van der Waals surface area contributed by atoms with Gasteiger partial charge in [-0.3, -0.25) is 0 Å². The van der Waals surface area contributed by atoms with Crippen LogP contribution < -0.4 is 0 Å². The van der Waals surface area contributed by atoms with Gasteiger partial charge < -0.3 is 4.90 Å². The third kappa shape index (κ3) is 5.89. The molecule has 0 fully saturated rings. The zero-order chi connectivity index (χ0) is 13.0. The molecule has 0 amide bonds. The quantitative estimate of drug-likeness (QED) is 0.616. The minimum Gasteiger partial charge on any atom is -0.304 e. The van der Waals surface area contributed by atoms with E-state index in [0.29, 0.717) is 11.0 Å². The molecule has 0 radical (unpaired) electrons. The van der Waals surface area contributed by atoms with Gasteiger partial charge in [-0.15, -0.1) is 0 Å². The Morgan fingerprint density at radius 3 is 1.94 bits per heavy atom. The Morgan fingerprint density at radius 2 is 1.56 bits per heavy atom. The SMILES string of the molecule is CCCC(C)CC(C)(C)CC(C)(C)N(C)C. The van der Waals surface area contributed by atoms with Crippen molar-refractivity contribution in [2.75, 3.05) is 14.1 Å². The average Bonchev–Trinajstić information content (AvgIpc) is 1.99. The van der Waals surface area contributed by atoms with Crippen molar-refractivity contribution in [1.82, 2.24) is 4.90 Å². The number of hydrogen-bond acceptors (Lipinski definition) is 1. The molecule has 1 nitrogen and oxygen atoms in total. The van der Waals surface area contributed by atoms with Gasteiger partial charge in [0.05, 0.1) is 0 Å². The van der Waals surface area contributed by atoms with E-state index >= 15 is 0 Å². The molecule has 0 aliphatic rings. The Balaban J connectivity index is 4.33. The summed E-state index contributed by atoms with van der Waals surface area (Å²) in [5.74, 6) is 0.859. The molecule has 0 bridgehead atoms. The molecule has 0 aliphatic heterocycles. The van der Waals surface area contributed by atoms with Crippen LogP contribution in [0.15, 0.2) is 0 Å². The Morgan fingerprint density at radius 1 is 1.06 bits per heavy atom. The largest absolute Gasteiger partial charge is 0.304 e. The van der Waals surface area contributed by atoms with Crippen LogP contribution in [0.25, 0.3) is 0 Å². The maximum atomic E-state index is 2.42. The van der Waals surface area contributed by atoms with Crippen molar-refractivity contribution >= 4 is 0 Å². The van der Waals surface area contributed by atoms with Crippen molar-refractivity contribution in [3.8, 4) is 0 Å². The highest BCUT2D eigenvalue weighted by Crippen LogP contribution is 2.36. The second kappa shape index (κ2) is 6.05. The highest BCUT2D eigenvalue weighted by molar-refractivity contribution is 4.85. The van der Waals surface area contributed by atoms with Gasteiger partial charge in [-0.2, -0.15) is 0 Å². The van der Waals surface area contributed by atoms with Gasteiger partial charge in [0.1, 0.15) is 0 Å². The van der Waals surface area contributed by atoms with E-state index in [1.54, 1.807) is 0 Å². The third-order valence-electron chi connectivity index (χ3n) is 3.80. The van der Waals surface area contributed by atoms with Gasteiger partial charge in [0.25, 0.3) is 0 Å². The van der Waals surface area contributed by atoms with Crippen LogP contribution in [0.1, 0.15) is 67.2 Å². The minimum absolute atomic E-state index is 0.301. The minimum atomic E-state index is 0.301. The third-order valence-corrected chi connectivity index (χ3v) is 3.80. The van der Waals surface area contributed by atoms with Crippen molar-refractivity contribution < 1.29 is 0 Å². The normalized spacial score (nSPS) is 15.6. The number of hydrogen-bond donors (Lipinski definition) is 0. The molecule has 0 aromatic carbocycles. The summed E-state index contributed by atoms with van der Waals surface area (Å²) in [5.41, 5.74) is 0.748. The van der Waals surface area contributed by atoms with Crippen molar-refractivity contribution in [1.29, 1.82) is 0 Å². The first-order valence-electron chi connectivity index (χ1n) is 6.78. The maximum absolute atomic E-state index is 2.42. The molecule has 0 rings (SSSR count). The van der Waals surface area contributed by atoms with Crippen LogP contribution >= 0.6 is 0 Å². The molecule has 0 N–H and O–H groups in total. The summed E-state index contributed by atoms with van der Waals surface area (Å²) in [6, 6.07) is 0. The molecule has 16 heavy (non-hydrogen) atoms. The Labute approximate surface area is 104 Å². The Kier molecular flexibility index (Phi) is 6.03. The Hall–Kier alpha value is -0.0400. The highest BCUT2D eigenvalue weighted by Gasteiger charge is 2.31. The van der Waals surface area contributed by atoms with Crippen molar-refractivity contribution in [2.24, 2.45) is 11.3 Å². The molecule has 0 saturated heterocycles. The van der Waals surface area contributed by atoms with Crippen LogP contribution in [0.2, 0.25) is 0 Å². The summed E-state index contributed by atoms with van der Waals surface area (Å²) in [5, 5.41) is 0. The summed E-state index contributed by atoms with van der Waals surface area (Å²) in [6.07, 6.45) is 5.29. The lowest BCUT2D eigenvalue weighted by atomic mass is 9.73. The lowest BCUT2D eigenvalue weighted by molar-refractivity contribution is 0.105. The summed E-state index contributed by atoms with van der Waals surface area (Å²) in [7, 11) is 4.37. The first-order valence-corrected chi connectivity index (χ1v) is 6.78. The zero-order valence-electron chi connectivity index (χ0n) is 12.9. The van der Waals surface area contributed by atoms with Gasteiger partial charge in [-0.25, -0.2) is 0 Å². The molecule has 0 heterocycles. The lowest BCUT2D eigenvalue weighted by Gasteiger charge is -2.40. The highest BCUT2D eigenvalue weighted by atomic mass is 15.1. The monoisotopic (exact) mass is 227 g/mol. The summed E-state index contributed by atoms with van der Waals surface area (Å²) in [4.78, 5) is 2.35. The van der Waals surface area contributed by atoms with E-state index < -0.39 is 0 Å². The van der Waals surface area contributed by atoms with E-state index in [1.807, 2.05) is 0 Å². The van der Waals surface area contributed by atoms with E-state index in [-0.39, 0.29) is 0 Å². The van der Waals surface area contributed by atoms with Crippen molar-refractivity contribution in [3.63, 3.8) is 0 Å². The smallest absolute Gasteiger partial charge is 0.0152 e. The molecule has 0 aliphatic carbocycles. The number of nitrogens with zero attached hydrogens (tertiary/aromatic N) is 1. The van der Waals surface area contributed by atoms with E-state index in [4.69, 9.17) is 0 Å². The molecular formula is C15H33N. The molecule has 0 aromatic heterocycles. The molecular weight excluding hydrogens is 194 g/mol. The first-order chi connectivity index (χ1) is 7.10. The van der Waals surface area contributed by atoms with E-state index in [1.165, 1.54) is 25.7 Å². The zero-order valence-corrected chi connectivity index (χ0v) is 12.9. The van der Waals surface area contributed by atoms with Crippen molar-refractivity contribution in [2.45, 2.75) is 72.8 Å². The lowest BCUT2D eigenvalue weighted by Crippen LogP contribution is -2.42. The predicted molar refractivity (Wildman–Crippen MR) is 74.9 cm³/mol. The van der Waals surface area contributed by atoms with E-state index in [0.717, 1.165) is 5.92 Å².